The summed E-state index contributed by atoms with van der Waals surface area (Å²) < 4.78 is 5.90. The maximum Gasteiger partial charge on any atom is 0.145 e. The molecule has 0 amide bonds. The zero-order valence-corrected chi connectivity index (χ0v) is 12.5. The SMILES string of the molecule is CC(C)(C)Oc1ccccc1/N=C/c1ccc(C#N)cc1. The van der Waals surface area contributed by atoms with Gasteiger partial charge in [0.05, 0.1) is 11.6 Å². The summed E-state index contributed by atoms with van der Waals surface area (Å²) in [7, 11) is 0. The molecule has 0 radical (unpaired) electrons. The van der Waals surface area contributed by atoms with Gasteiger partial charge in [0.25, 0.3) is 0 Å². The summed E-state index contributed by atoms with van der Waals surface area (Å²) in [6.07, 6.45) is 1.77. The zero-order chi connectivity index (χ0) is 15.3. The summed E-state index contributed by atoms with van der Waals surface area (Å²) in [5.74, 6) is 0.759. The van der Waals surface area contributed by atoms with Crippen LogP contribution in [0.25, 0.3) is 0 Å². The van der Waals surface area contributed by atoms with Crippen LogP contribution in [0.5, 0.6) is 5.75 Å². The number of nitriles is 1. The van der Waals surface area contributed by atoms with Crippen LogP contribution in [-0.2, 0) is 0 Å². The quantitative estimate of drug-likeness (QED) is 0.777. The summed E-state index contributed by atoms with van der Waals surface area (Å²) in [5.41, 5.74) is 2.11. The van der Waals surface area contributed by atoms with E-state index in [4.69, 9.17) is 10.00 Å². The average Bonchev–Trinajstić information content (AvgIpc) is 2.45. The fourth-order valence-electron chi connectivity index (χ4n) is 1.77. The Morgan fingerprint density at radius 3 is 2.33 bits per heavy atom. The van der Waals surface area contributed by atoms with Crippen LogP contribution in [0.15, 0.2) is 53.5 Å². The highest BCUT2D eigenvalue weighted by Gasteiger charge is 2.13. The van der Waals surface area contributed by atoms with E-state index in [1.807, 2.05) is 57.2 Å². The normalized spacial score (nSPS) is 11.3. The van der Waals surface area contributed by atoms with Crippen molar-refractivity contribution in [3.05, 3.63) is 59.7 Å². The fourth-order valence-corrected chi connectivity index (χ4v) is 1.77. The van der Waals surface area contributed by atoms with E-state index in [2.05, 4.69) is 11.1 Å². The van der Waals surface area contributed by atoms with Crippen LogP contribution in [0, 0.1) is 11.3 Å². The highest BCUT2D eigenvalue weighted by atomic mass is 16.5. The Morgan fingerprint density at radius 2 is 1.71 bits per heavy atom. The number of hydrogen-bond acceptors (Lipinski definition) is 3. The third-order valence-electron chi connectivity index (χ3n) is 2.67. The Labute approximate surface area is 125 Å². The Balaban J connectivity index is 2.22. The number of benzene rings is 2. The lowest BCUT2D eigenvalue weighted by atomic mass is 10.1. The number of ether oxygens (including phenoxy) is 1. The lowest BCUT2D eigenvalue weighted by Gasteiger charge is -2.22. The van der Waals surface area contributed by atoms with Crippen LogP contribution < -0.4 is 4.74 Å². The minimum Gasteiger partial charge on any atom is -0.486 e. The average molecular weight is 278 g/mol. The van der Waals surface area contributed by atoms with Crippen LogP contribution in [0.4, 0.5) is 5.69 Å². The predicted octanol–water partition coefficient (Wildman–Crippen LogP) is 4.49. The second kappa shape index (κ2) is 6.23. The molecule has 21 heavy (non-hydrogen) atoms. The first-order valence-corrected chi connectivity index (χ1v) is 6.80. The van der Waals surface area contributed by atoms with Crippen molar-refractivity contribution in [2.75, 3.05) is 0 Å². The summed E-state index contributed by atoms with van der Waals surface area (Å²) in [4.78, 5) is 4.48. The Morgan fingerprint density at radius 1 is 1.05 bits per heavy atom. The third-order valence-corrected chi connectivity index (χ3v) is 2.67. The number of hydrogen-bond donors (Lipinski definition) is 0. The van der Waals surface area contributed by atoms with E-state index in [0.29, 0.717) is 5.56 Å². The van der Waals surface area contributed by atoms with Gasteiger partial charge in [-0.25, -0.2) is 0 Å². The molecule has 2 rings (SSSR count). The van der Waals surface area contributed by atoms with E-state index < -0.39 is 0 Å². The highest BCUT2D eigenvalue weighted by molar-refractivity contribution is 5.82. The number of para-hydroxylation sites is 2. The molecule has 0 N–H and O–H groups in total. The minimum absolute atomic E-state index is 0.264. The van der Waals surface area contributed by atoms with E-state index in [0.717, 1.165) is 17.0 Å². The molecule has 0 spiro atoms. The van der Waals surface area contributed by atoms with Gasteiger partial charge >= 0.3 is 0 Å². The van der Waals surface area contributed by atoms with Gasteiger partial charge in [-0.05, 0) is 50.6 Å². The molecule has 0 atom stereocenters. The summed E-state index contributed by atoms with van der Waals surface area (Å²) in [6.45, 7) is 6.02. The zero-order valence-electron chi connectivity index (χ0n) is 12.5. The second-order valence-corrected chi connectivity index (χ2v) is 5.67. The largest absolute Gasteiger partial charge is 0.486 e. The molecular formula is C18H18N2O. The molecule has 0 heterocycles. The third kappa shape index (κ3) is 4.47. The maximum atomic E-state index is 8.78. The molecule has 0 aliphatic carbocycles. The van der Waals surface area contributed by atoms with Crippen molar-refractivity contribution < 1.29 is 4.74 Å². The molecule has 0 bridgehead atoms. The first-order valence-electron chi connectivity index (χ1n) is 6.80. The van der Waals surface area contributed by atoms with Gasteiger partial charge in [-0.15, -0.1) is 0 Å². The summed E-state index contributed by atoms with van der Waals surface area (Å²) >= 11 is 0. The van der Waals surface area contributed by atoms with Crippen molar-refractivity contribution in [3.63, 3.8) is 0 Å². The molecule has 2 aromatic rings. The number of aliphatic imine (C=N–C) groups is 1. The smallest absolute Gasteiger partial charge is 0.145 e. The van der Waals surface area contributed by atoms with Crippen LogP contribution in [0.2, 0.25) is 0 Å². The maximum absolute atomic E-state index is 8.78. The molecule has 0 saturated carbocycles. The van der Waals surface area contributed by atoms with Gasteiger partial charge in [-0.1, -0.05) is 24.3 Å². The topological polar surface area (TPSA) is 45.4 Å². The van der Waals surface area contributed by atoms with Crippen molar-refractivity contribution in [1.29, 1.82) is 5.26 Å². The summed E-state index contributed by atoms with van der Waals surface area (Å²) in [6, 6.07) is 17.1. The number of rotatable bonds is 3. The van der Waals surface area contributed by atoms with Crippen LogP contribution in [0.1, 0.15) is 31.9 Å². The van der Waals surface area contributed by atoms with Crippen molar-refractivity contribution in [3.8, 4) is 11.8 Å². The van der Waals surface area contributed by atoms with Gasteiger partial charge in [0.15, 0.2) is 0 Å². The Kier molecular flexibility index (Phi) is 4.39. The van der Waals surface area contributed by atoms with E-state index in [1.165, 1.54) is 0 Å². The lowest BCUT2D eigenvalue weighted by molar-refractivity contribution is 0.132. The lowest BCUT2D eigenvalue weighted by Crippen LogP contribution is -2.22. The van der Waals surface area contributed by atoms with Gasteiger partial charge in [-0.2, -0.15) is 5.26 Å². The van der Waals surface area contributed by atoms with Crippen molar-refractivity contribution in [1.82, 2.24) is 0 Å². The molecule has 0 unspecified atom stereocenters. The first-order chi connectivity index (χ1) is 9.98. The van der Waals surface area contributed by atoms with Gasteiger partial charge in [0.1, 0.15) is 17.0 Å². The Bertz CT molecular complexity index is 674. The first kappa shape index (κ1) is 14.8. The molecule has 0 aromatic heterocycles. The molecule has 0 aliphatic rings. The van der Waals surface area contributed by atoms with E-state index in [-0.39, 0.29) is 5.60 Å². The van der Waals surface area contributed by atoms with Crippen LogP contribution in [0.3, 0.4) is 0 Å². The van der Waals surface area contributed by atoms with Gasteiger partial charge in [0.2, 0.25) is 0 Å². The molecule has 106 valence electrons. The van der Waals surface area contributed by atoms with Gasteiger partial charge < -0.3 is 4.74 Å². The molecule has 0 saturated heterocycles. The van der Waals surface area contributed by atoms with Crippen molar-refractivity contribution >= 4 is 11.9 Å². The minimum atomic E-state index is -0.264. The molecule has 3 nitrogen and oxygen atoms in total. The molecule has 0 fully saturated rings. The summed E-state index contributed by atoms with van der Waals surface area (Å²) in [5, 5.41) is 8.78. The molecule has 0 aliphatic heterocycles. The fraction of sp³-hybridized carbons (Fsp3) is 0.222. The standard InChI is InChI=1S/C18H18N2O/c1-18(2,3)21-17-7-5-4-6-16(17)20-13-15-10-8-14(12-19)9-11-15/h4-11,13H,1-3H3/b20-13+. The van der Waals surface area contributed by atoms with E-state index in [9.17, 15) is 0 Å². The monoisotopic (exact) mass is 278 g/mol. The highest BCUT2D eigenvalue weighted by Crippen LogP contribution is 2.29. The molecular weight excluding hydrogens is 260 g/mol. The van der Waals surface area contributed by atoms with Gasteiger partial charge in [-0.3, -0.25) is 4.99 Å². The van der Waals surface area contributed by atoms with E-state index >= 15 is 0 Å². The Hall–Kier alpha value is -2.60. The van der Waals surface area contributed by atoms with Crippen LogP contribution in [-0.4, -0.2) is 11.8 Å². The predicted molar refractivity (Wildman–Crippen MR) is 85.2 cm³/mol. The number of nitrogens with zero attached hydrogens (tertiary/aromatic N) is 2. The molecule has 3 heteroatoms. The van der Waals surface area contributed by atoms with Crippen molar-refractivity contribution in [2.24, 2.45) is 4.99 Å². The van der Waals surface area contributed by atoms with E-state index in [1.54, 1.807) is 18.3 Å². The van der Waals surface area contributed by atoms with Gasteiger partial charge in [0, 0.05) is 6.21 Å². The second-order valence-electron chi connectivity index (χ2n) is 5.67. The van der Waals surface area contributed by atoms with Crippen molar-refractivity contribution in [2.45, 2.75) is 26.4 Å². The van der Waals surface area contributed by atoms with Crippen LogP contribution >= 0.6 is 0 Å². The molecule has 2 aromatic carbocycles.